The SMILES string of the molecule is NCc1ccc(-c2cccc(F)c2)s1. The van der Waals surface area contributed by atoms with E-state index in [1.54, 1.807) is 17.4 Å². The van der Waals surface area contributed by atoms with E-state index in [9.17, 15) is 4.39 Å². The second kappa shape index (κ2) is 3.90. The Labute approximate surface area is 86.0 Å². The molecule has 0 amide bonds. The molecule has 0 spiro atoms. The molecule has 1 nitrogen and oxygen atoms in total. The predicted octanol–water partition coefficient (Wildman–Crippen LogP) is 3.01. The number of thiophene rings is 1. The summed E-state index contributed by atoms with van der Waals surface area (Å²) in [6.45, 7) is 0.542. The molecule has 1 aromatic carbocycles. The highest BCUT2D eigenvalue weighted by Gasteiger charge is 2.02. The van der Waals surface area contributed by atoms with Crippen molar-refractivity contribution < 1.29 is 4.39 Å². The van der Waals surface area contributed by atoms with Gasteiger partial charge in [-0.25, -0.2) is 4.39 Å². The van der Waals surface area contributed by atoms with Gasteiger partial charge in [0.25, 0.3) is 0 Å². The van der Waals surface area contributed by atoms with Gasteiger partial charge in [0, 0.05) is 16.3 Å². The first-order chi connectivity index (χ1) is 6.79. The molecule has 14 heavy (non-hydrogen) atoms. The van der Waals surface area contributed by atoms with Crippen LogP contribution in [0.1, 0.15) is 4.88 Å². The van der Waals surface area contributed by atoms with Crippen molar-refractivity contribution in [2.75, 3.05) is 0 Å². The lowest BCUT2D eigenvalue weighted by Gasteiger charge is -1.96. The Morgan fingerprint density at radius 2 is 2.07 bits per heavy atom. The minimum atomic E-state index is -0.204. The lowest BCUT2D eigenvalue weighted by atomic mass is 10.2. The Hall–Kier alpha value is -1.19. The third-order valence-electron chi connectivity index (χ3n) is 1.97. The zero-order valence-electron chi connectivity index (χ0n) is 7.53. The zero-order valence-corrected chi connectivity index (χ0v) is 8.35. The fourth-order valence-electron chi connectivity index (χ4n) is 1.28. The molecule has 0 atom stereocenters. The highest BCUT2D eigenvalue weighted by atomic mass is 32.1. The van der Waals surface area contributed by atoms with Crippen LogP contribution in [-0.2, 0) is 6.54 Å². The molecule has 0 aliphatic heterocycles. The van der Waals surface area contributed by atoms with E-state index in [0.29, 0.717) is 6.54 Å². The van der Waals surface area contributed by atoms with Gasteiger partial charge >= 0.3 is 0 Å². The Morgan fingerprint density at radius 3 is 2.71 bits per heavy atom. The molecular weight excluding hydrogens is 197 g/mol. The first-order valence-corrected chi connectivity index (χ1v) is 5.16. The highest BCUT2D eigenvalue weighted by molar-refractivity contribution is 7.15. The summed E-state index contributed by atoms with van der Waals surface area (Å²) in [6.07, 6.45) is 0. The first kappa shape index (κ1) is 9.37. The first-order valence-electron chi connectivity index (χ1n) is 4.34. The van der Waals surface area contributed by atoms with E-state index in [4.69, 9.17) is 5.73 Å². The van der Waals surface area contributed by atoms with Gasteiger partial charge in [-0.1, -0.05) is 12.1 Å². The van der Waals surface area contributed by atoms with Gasteiger partial charge in [-0.2, -0.15) is 0 Å². The molecule has 2 N–H and O–H groups in total. The maximum absolute atomic E-state index is 12.9. The van der Waals surface area contributed by atoms with E-state index < -0.39 is 0 Å². The molecule has 0 fully saturated rings. The molecule has 0 saturated carbocycles. The highest BCUT2D eigenvalue weighted by Crippen LogP contribution is 2.27. The van der Waals surface area contributed by atoms with Gasteiger partial charge in [0.05, 0.1) is 0 Å². The van der Waals surface area contributed by atoms with Crippen LogP contribution in [0.3, 0.4) is 0 Å². The Bertz CT molecular complexity index is 436. The Balaban J connectivity index is 2.39. The standard InChI is InChI=1S/C11H10FNS/c12-9-3-1-2-8(6-9)11-5-4-10(7-13)14-11/h1-6H,7,13H2. The third-order valence-corrected chi connectivity index (χ3v) is 3.13. The van der Waals surface area contributed by atoms with Crippen molar-refractivity contribution in [2.24, 2.45) is 5.73 Å². The van der Waals surface area contributed by atoms with Crippen LogP contribution in [0, 0.1) is 5.82 Å². The van der Waals surface area contributed by atoms with Gasteiger partial charge < -0.3 is 5.73 Å². The smallest absolute Gasteiger partial charge is 0.123 e. The number of halogens is 1. The summed E-state index contributed by atoms with van der Waals surface area (Å²) in [5.74, 6) is -0.204. The molecule has 0 radical (unpaired) electrons. The molecule has 2 aromatic rings. The predicted molar refractivity (Wildman–Crippen MR) is 57.6 cm³/mol. The maximum atomic E-state index is 12.9. The van der Waals surface area contributed by atoms with E-state index in [-0.39, 0.29) is 5.82 Å². The van der Waals surface area contributed by atoms with E-state index in [2.05, 4.69) is 0 Å². The minimum Gasteiger partial charge on any atom is -0.326 e. The molecule has 0 aliphatic carbocycles. The molecule has 0 saturated heterocycles. The summed E-state index contributed by atoms with van der Waals surface area (Å²) in [5, 5.41) is 0. The quantitative estimate of drug-likeness (QED) is 0.804. The van der Waals surface area contributed by atoms with Crippen LogP contribution in [-0.4, -0.2) is 0 Å². The summed E-state index contributed by atoms with van der Waals surface area (Å²) in [5.41, 5.74) is 6.42. The van der Waals surface area contributed by atoms with E-state index >= 15 is 0 Å². The molecule has 0 bridgehead atoms. The van der Waals surface area contributed by atoms with Gasteiger partial charge in [-0.15, -0.1) is 11.3 Å². The van der Waals surface area contributed by atoms with Gasteiger partial charge in [-0.3, -0.25) is 0 Å². The molecular formula is C11H10FNS. The zero-order chi connectivity index (χ0) is 9.97. The van der Waals surface area contributed by atoms with Crippen LogP contribution in [0.5, 0.6) is 0 Å². The van der Waals surface area contributed by atoms with Gasteiger partial charge in [-0.05, 0) is 29.8 Å². The Morgan fingerprint density at radius 1 is 1.21 bits per heavy atom. The van der Waals surface area contributed by atoms with Gasteiger partial charge in [0.15, 0.2) is 0 Å². The number of rotatable bonds is 2. The van der Waals surface area contributed by atoms with Crippen LogP contribution in [0.4, 0.5) is 4.39 Å². The number of benzene rings is 1. The van der Waals surface area contributed by atoms with Crippen LogP contribution in [0.15, 0.2) is 36.4 Å². The van der Waals surface area contributed by atoms with Gasteiger partial charge in [0.1, 0.15) is 5.82 Å². The third kappa shape index (κ3) is 1.84. The van der Waals surface area contributed by atoms with E-state index in [0.717, 1.165) is 15.3 Å². The summed E-state index contributed by atoms with van der Waals surface area (Å²) in [7, 11) is 0. The van der Waals surface area contributed by atoms with Gasteiger partial charge in [0.2, 0.25) is 0 Å². The van der Waals surface area contributed by atoms with Crippen molar-refractivity contribution in [3.05, 3.63) is 47.1 Å². The average molecular weight is 207 g/mol. The normalized spacial score (nSPS) is 10.4. The second-order valence-corrected chi connectivity index (χ2v) is 4.15. The van der Waals surface area contributed by atoms with E-state index in [1.165, 1.54) is 12.1 Å². The van der Waals surface area contributed by atoms with Crippen molar-refractivity contribution in [1.82, 2.24) is 0 Å². The maximum Gasteiger partial charge on any atom is 0.123 e. The van der Waals surface area contributed by atoms with Crippen LogP contribution >= 0.6 is 11.3 Å². The topological polar surface area (TPSA) is 26.0 Å². The number of hydrogen-bond acceptors (Lipinski definition) is 2. The van der Waals surface area contributed by atoms with E-state index in [1.807, 2.05) is 18.2 Å². The number of hydrogen-bond donors (Lipinski definition) is 1. The fourth-order valence-corrected chi connectivity index (χ4v) is 2.17. The summed E-state index contributed by atoms with van der Waals surface area (Å²) in [4.78, 5) is 2.18. The molecule has 1 heterocycles. The van der Waals surface area contributed by atoms with Crippen LogP contribution in [0.2, 0.25) is 0 Å². The molecule has 1 aromatic heterocycles. The van der Waals surface area contributed by atoms with Crippen molar-refractivity contribution in [1.29, 1.82) is 0 Å². The summed E-state index contributed by atoms with van der Waals surface area (Å²) >= 11 is 1.60. The van der Waals surface area contributed by atoms with Crippen LogP contribution in [0.25, 0.3) is 10.4 Å². The van der Waals surface area contributed by atoms with Crippen molar-refractivity contribution >= 4 is 11.3 Å². The van der Waals surface area contributed by atoms with Crippen molar-refractivity contribution in [2.45, 2.75) is 6.54 Å². The molecule has 0 aliphatic rings. The lowest BCUT2D eigenvalue weighted by Crippen LogP contribution is -1.90. The molecule has 72 valence electrons. The molecule has 2 rings (SSSR count). The summed E-state index contributed by atoms with van der Waals surface area (Å²) < 4.78 is 12.9. The number of nitrogens with two attached hydrogens (primary N) is 1. The van der Waals surface area contributed by atoms with Crippen molar-refractivity contribution in [3.63, 3.8) is 0 Å². The second-order valence-electron chi connectivity index (χ2n) is 2.98. The van der Waals surface area contributed by atoms with Crippen molar-refractivity contribution in [3.8, 4) is 10.4 Å². The molecule has 0 unspecified atom stereocenters. The fraction of sp³-hybridized carbons (Fsp3) is 0.0909. The largest absolute Gasteiger partial charge is 0.326 e. The van der Waals surface area contributed by atoms with Crippen LogP contribution < -0.4 is 5.73 Å². The Kier molecular flexibility index (Phi) is 2.61. The monoisotopic (exact) mass is 207 g/mol. The summed E-state index contributed by atoms with van der Waals surface area (Å²) in [6, 6.07) is 10.5. The average Bonchev–Trinajstić information content (AvgIpc) is 2.66. The molecule has 3 heteroatoms. The lowest BCUT2D eigenvalue weighted by molar-refractivity contribution is 0.628. The minimum absolute atomic E-state index is 0.204.